The quantitative estimate of drug-likeness (QED) is 0.317. The molecule has 24 heavy (non-hydrogen) atoms. The van der Waals surface area contributed by atoms with Crippen molar-refractivity contribution in [2.45, 2.75) is 38.4 Å². The zero-order valence-electron chi connectivity index (χ0n) is 15.5. The summed E-state index contributed by atoms with van der Waals surface area (Å²) in [5.41, 5.74) is 11.0. The minimum atomic E-state index is -0.491. The van der Waals surface area contributed by atoms with Crippen LogP contribution in [-0.2, 0) is 0 Å². The molecule has 0 aliphatic carbocycles. The molecule has 2 unspecified atom stereocenters. The molecule has 0 aliphatic rings. The summed E-state index contributed by atoms with van der Waals surface area (Å²) in [5.74, 6) is 0. The van der Waals surface area contributed by atoms with Crippen LogP contribution < -0.4 is 11.5 Å². The lowest BCUT2D eigenvalue weighted by Crippen LogP contribution is -2.39. The molecule has 142 valence electrons. The van der Waals surface area contributed by atoms with Gasteiger partial charge in [0.1, 0.15) is 0 Å². The van der Waals surface area contributed by atoms with Gasteiger partial charge in [-0.05, 0) is 39.4 Å². The lowest BCUT2D eigenvalue weighted by molar-refractivity contribution is 0.114. The number of likely N-dealkylation sites (N-methyl/N-ethyl adjacent to an activating group) is 1. The second kappa shape index (κ2) is 15.7. The number of nitrogens with two attached hydrogens (primary N) is 2. The van der Waals surface area contributed by atoms with Crippen molar-refractivity contribution in [3.8, 4) is 0 Å². The van der Waals surface area contributed by atoms with Gasteiger partial charge in [0.2, 0.25) is 0 Å². The number of hydrogen-bond donors (Lipinski definition) is 4. The Morgan fingerprint density at radius 1 is 0.917 bits per heavy atom. The van der Waals surface area contributed by atoms with Crippen LogP contribution in [0.1, 0.15) is 26.2 Å². The minimum absolute atomic E-state index is 0.280. The van der Waals surface area contributed by atoms with Crippen LogP contribution in [0.15, 0.2) is 24.3 Å². The first-order chi connectivity index (χ1) is 11.5. The molecule has 0 fully saturated rings. The molecule has 0 amide bonds. The maximum atomic E-state index is 9.80. The number of hydrogen-bond acceptors (Lipinski definition) is 6. The van der Waals surface area contributed by atoms with E-state index in [1.807, 2.05) is 7.05 Å². The fourth-order valence-electron chi connectivity index (χ4n) is 2.38. The third kappa shape index (κ3) is 13.7. The molecule has 0 bridgehead atoms. The maximum absolute atomic E-state index is 9.80. The van der Waals surface area contributed by atoms with E-state index in [2.05, 4.69) is 41.0 Å². The predicted molar refractivity (Wildman–Crippen MR) is 102 cm³/mol. The van der Waals surface area contributed by atoms with Gasteiger partial charge in [-0.15, -0.1) is 0 Å². The van der Waals surface area contributed by atoms with Crippen molar-refractivity contribution in [1.29, 1.82) is 0 Å². The van der Waals surface area contributed by atoms with Gasteiger partial charge in [-0.1, -0.05) is 31.2 Å². The minimum Gasteiger partial charge on any atom is -0.390 e. The number of rotatable bonds is 15. The van der Waals surface area contributed by atoms with Gasteiger partial charge in [0.05, 0.1) is 12.2 Å². The Bertz CT molecular complexity index is 337. The third-order valence-electron chi connectivity index (χ3n) is 3.75. The molecule has 0 aromatic heterocycles. The van der Waals surface area contributed by atoms with E-state index >= 15 is 0 Å². The van der Waals surface area contributed by atoms with E-state index in [9.17, 15) is 10.2 Å². The summed E-state index contributed by atoms with van der Waals surface area (Å²) >= 11 is 0. The van der Waals surface area contributed by atoms with E-state index in [0.717, 1.165) is 38.9 Å². The average molecular weight is 343 g/mol. The molecule has 0 saturated carbocycles. The Balaban J connectivity index is 4.18. The van der Waals surface area contributed by atoms with Crippen LogP contribution >= 0.6 is 0 Å². The Morgan fingerprint density at radius 3 is 2.17 bits per heavy atom. The molecular formula is C18H38N4O2. The van der Waals surface area contributed by atoms with Crippen molar-refractivity contribution in [3.63, 3.8) is 0 Å². The third-order valence-corrected chi connectivity index (χ3v) is 3.75. The van der Waals surface area contributed by atoms with Gasteiger partial charge in [-0.2, -0.15) is 0 Å². The predicted octanol–water partition coefficient (Wildman–Crippen LogP) is 0.162. The highest BCUT2D eigenvalue weighted by Gasteiger charge is 2.10. The Hall–Kier alpha value is -0.760. The highest BCUT2D eigenvalue weighted by molar-refractivity contribution is 4.93. The van der Waals surface area contributed by atoms with Gasteiger partial charge >= 0.3 is 0 Å². The van der Waals surface area contributed by atoms with Crippen molar-refractivity contribution >= 4 is 0 Å². The lowest BCUT2D eigenvalue weighted by atomic mass is 10.2. The van der Waals surface area contributed by atoms with E-state index in [4.69, 9.17) is 11.5 Å². The number of nitrogens with zero attached hydrogens (tertiary/aromatic N) is 2. The van der Waals surface area contributed by atoms with Crippen molar-refractivity contribution in [2.75, 3.05) is 52.9 Å². The van der Waals surface area contributed by atoms with Gasteiger partial charge in [-0.25, -0.2) is 0 Å². The fraction of sp³-hybridized carbons (Fsp3) is 0.778. The van der Waals surface area contributed by atoms with Crippen LogP contribution in [0.2, 0.25) is 0 Å². The number of allylic oxidation sites excluding steroid dienone is 3. The van der Waals surface area contributed by atoms with E-state index in [0.29, 0.717) is 13.1 Å². The van der Waals surface area contributed by atoms with Crippen molar-refractivity contribution in [3.05, 3.63) is 24.3 Å². The summed E-state index contributed by atoms with van der Waals surface area (Å²) in [5, 5.41) is 19.4. The van der Waals surface area contributed by atoms with Crippen LogP contribution in [0, 0.1) is 0 Å². The first-order valence-corrected chi connectivity index (χ1v) is 9.00. The van der Waals surface area contributed by atoms with Crippen molar-refractivity contribution < 1.29 is 10.2 Å². The molecule has 0 spiro atoms. The maximum Gasteiger partial charge on any atom is 0.0789 e. The van der Waals surface area contributed by atoms with Crippen LogP contribution in [0.3, 0.4) is 0 Å². The molecule has 6 heteroatoms. The Morgan fingerprint density at radius 2 is 1.54 bits per heavy atom. The molecular weight excluding hydrogens is 304 g/mol. The monoisotopic (exact) mass is 342 g/mol. The molecule has 0 aliphatic heterocycles. The molecule has 0 heterocycles. The zero-order valence-corrected chi connectivity index (χ0v) is 15.5. The molecule has 6 nitrogen and oxygen atoms in total. The van der Waals surface area contributed by atoms with Crippen LogP contribution in [0.25, 0.3) is 0 Å². The van der Waals surface area contributed by atoms with Crippen LogP contribution in [-0.4, -0.2) is 85.1 Å². The van der Waals surface area contributed by atoms with Gasteiger partial charge in [0, 0.05) is 32.7 Å². The molecule has 2 atom stereocenters. The molecule has 0 rings (SSSR count). The zero-order chi connectivity index (χ0) is 18.2. The SMILES string of the molecule is CC/C=C\C/C=C\CN(CCCN(C)CC(O)CN)CC(O)CN. The van der Waals surface area contributed by atoms with E-state index in [1.54, 1.807) is 0 Å². The summed E-state index contributed by atoms with van der Waals surface area (Å²) in [6.07, 6.45) is 10.6. The molecule has 0 aromatic carbocycles. The van der Waals surface area contributed by atoms with Gasteiger partial charge < -0.3 is 26.6 Å². The fourth-order valence-corrected chi connectivity index (χ4v) is 2.38. The summed E-state index contributed by atoms with van der Waals surface area (Å²) in [6, 6.07) is 0. The Labute approximate surface area is 147 Å². The van der Waals surface area contributed by atoms with Crippen molar-refractivity contribution in [2.24, 2.45) is 11.5 Å². The normalized spacial score (nSPS) is 15.2. The highest BCUT2D eigenvalue weighted by Crippen LogP contribution is 1.99. The first kappa shape index (κ1) is 23.2. The van der Waals surface area contributed by atoms with E-state index in [-0.39, 0.29) is 13.1 Å². The smallest absolute Gasteiger partial charge is 0.0789 e. The first-order valence-electron chi connectivity index (χ1n) is 9.00. The highest BCUT2D eigenvalue weighted by atomic mass is 16.3. The summed E-state index contributed by atoms with van der Waals surface area (Å²) in [7, 11) is 1.98. The Kier molecular flexibility index (Phi) is 15.3. The molecule has 0 aromatic rings. The largest absolute Gasteiger partial charge is 0.390 e. The van der Waals surface area contributed by atoms with E-state index in [1.165, 1.54) is 0 Å². The van der Waals surface area contributed by atoms with Crippen LogP contribution in [0.5, 0.6) is 0 Å². The van der Waals surface area contributed by atoms with Gasteiger partial charge in [0.15, 0.2) is 0 Å². The average Bonchev–Trinajstić information content (AvgIpc) is 2.57. The molecule has 0 saturated heterocycles. The summed E-state index contributed by atoms with van der Waals surface area (Å²) in [6.45, 7) is 6.45. The lowest BCUT2D eigenvalue weighted by Gasteiger charge is -2.25. The number of aliphatic hydroxyl groups is 2. The van der Waals surface area contributed by atoms with Crippen LogP contribution in [0.4, 0.5) is 0 Å². The topological polar surface area (TPSA) is 99.0 Å². The van der Waals surface area contributed by atoms with Gasteiger partial charge in [0.25, 0.3) is 0 Å². The van der Waals surface area contributed by atoms with Gasteiger partial charge in [-0.3, -0.25) is 4.90 Å². The summed E-state index contributed by atoms with van der Waals surface area (Å²) in [4.78, 5) is 4.30. The second-order valence-corrected chi connectivity index (χ2v) is 6.24. The van der Waals surface area contributed by atoms with Crippen molar-refractivity contribution in [1.82, 2.24) is 9.80 Å². The standard InChI is InChI=1S/C18H38N4O2/c1-3-4-5-6-7-8-11-22(16-18(24)14-20)12-9-10-21(2)15-17(23)13-19/h4-5,7-8,17-18,23-24H,3,6,9-16,19-20H2,1-2H3/b5-4-,8-7-. The molecule has 6 N–H and O–H groups in total. The van der Waals surface area contributed by atoms with E-state index < -0.39 is 12.2 Å². The second-order valence-electron chi connectivity index (χ2n) is 6.24. The summed E-state index contributed by atoms with van der Waals surface area (Å²) < 4.78 is 0. The molecule has 0 radical (unpaired) electrons. The number of aliphatic hydroxyl groups excluding tert-OH is 2.